The molecule has 3 N–H and O–H groups in total. The number of amides is 1. The standard InChI is InChI=1S/C8H11NO4/c1-2-3-7(11)9-6(4-5-10)8(12)13/h6,10H,4-5H2,1H3,(H,9,11)(H,12,13). The number of carboxylic acid groups (broad SMARTS) is 1. The van der Waals surface area contributed by atoms with E-state index in [-0.39, 0.29) is 13.0 Å². The second-order valence-electron chi connectivity index (χ2n) is 2.25. The molecular weight excluding hydrogens is 174 g/mol. The van der Waals surface area contributed by atoms with Crippen molar-refractivity contribution in [1.29, 1.82) is 0 Å². The van der Waals surface area contributed by atoms with Gasteiger partial charge in [0.1, 0.15) is 6.04 Å². The zero-order chi connectivity index (χ0) is 10.3. The van der Waals surface area contributed by atoms with E-state index in [1.54, 1.807) is 0 Å². The molecule has 0 radical (unpaired) electrons. The summed E-state index contributed by atoms with van der Waals surface area (Å²) in [6.45, 7) is 1.18. The molecule has 0 aromatic heterocycles. The fourth-order valence-electron chi connectivity index (χ4n) is 0.694. The van der Waals surface area contributed by atoms with Crippen LogP contribution in [0.4, 0.5) is 0 Å². The van der Waals surface area contributed by atoms with Crippen LogP contribution in [-0.2, 0) is 9.59 Å². The van der Waals surface area contributed by atoms with Crippen molar-refractivity contribution in [3.8, 4) is 11.8 Å². The van der Waals surface area contributed by atoms with E-state index in [2.05, 4.69) is 17.2 Å². The Morgan fingerprint density at radius 2 is 2.15 bits per heavy atom. The number of carboxylic acids is 1. The number of aliphatic hydroxyl groups excluding tert-OH is 1. The van der Waals surface area contributed by atoms with Gasteiger partial charge < -0.3 is 15.5 Å². The lowest BCUT2D eigenvalue weighted by Crippen LogP contribution is -2.40. The zero-order valence-electron chi connectivity index (χ0n) is 7.20. The van der Waals surface area contributed by atoms with E-state index < -0.39 is 17.9 Å². The van der Waals surface area contributed by atoms with Crippen molar-refractivity contribution in [1.82, 2.24) is 5.32 Å². The van der Waals surface area contributed by atoms with Gasteiger partial charge in [0, 0.05) is 13.0 Å². The smallest absolute Gasteiger partial charge is 0.326 e. The minimum Gasteiger partial charge on any atom is -0.480 e. The van der Waals surface area contributed by atoms with Gasteiger partial charge >= 0.3 is 5.97 Å². The third kappa shape index (κ3) is 4.82. The zero-order valence-corrected chi connectivity index (χ0v) is 7.20. The van der Waals surface area contributed by atoms with Crippen LogP contribution in [0.25, 0.3) is 0 Å². The largest absolute Gasteiger partial charge is 0.480 e. The van der Waals surface area contributed by atoms with Crippen LogP contribution in [0.1, 0.15) is 13.3 Å². The summed E-state index contributed by atoms with van der Waals surface area (Å²) in [5, 5.41) is 19.2. The summed E-state index contributed by atoms with van der Waals surface area (Å²) in [6.07, 6.45) is -0.0214. The number of nitrogens with one attached hydrogen (secondary N) is 1. The third-order valence-electron chi connectivity index (χ3n) is 1.26. The number of aliphatic carboxylic acids is 1. The number of hydrogen-bond donors (Lipinski definition) is 3. The first-order valence-electron chi connectivity index (χ1n) is 3.68. The summed E-state index contributed by atoms with van der Waals surface area (Å²) in [5.74, 6) is 2.65. The first-order valence-corrected chi connectivity index (χ1v) is 3.68. The number of carbonyl (C=O) groups is 2. The molecule has 0 saturated carbocycles. The Morgan fingerprint density at radius 3 is 2.54 bits per heavy atom. The monoisotopic (exact) mass is 185 g/mol. The van der Waals surface area contributed by atoms with Gasteiger partial charge in [0.15, 0.2) is 0 Å². The van der Waals surface area contributed by atoms with Gasteiger partial charge in [-0.3, -0.25) is 4.79 Å². The van der Waals surface area contributed by atoms with Gasteiger partial charge in [-0.1, -0.05) is 5.92 Å². The molecule has 1 atom stereocenters. The first-order chi connectivity index (χ1) is 6.11. The topological polar surface area (TPSA) is 86.6 Å². The summed E-state index contributed by atoms with van der Waals surface area (Å²) in [5.41, 5.74) is 0. The maximum atomic E-state index is 10.8. The predicted molar refractivity (Wildman–Crippen MR) is 44.7 cm³/mol. The van der Waals surface area contributed by atoms with Gasteiger partial charge in [-0.15, -0.1) is 0 Å². The lowest BCUT2D eigenvalue weighted by Gasteiger charge is -2.09. The van der Waals surface area contributed by atoms with Crippen molar-refractivity contribution in [2.24, 2.45) is 0 Å². The first kappa shape index (κ1) is 11.5. The molecule has 0 bridgehead atoms. The normalized spacial score (nSPS) is 10.9. The minimum atomic E-state index is -1.18. The highest BCUT2D eigenvalue weighted by molar-refractivity contribution is 5.95. The molecular formula is C8H11NO4. The molecule has 0 aliphatic carbocycles. The highest BCUT2D eigenvalue weighted by Gasteiger charge is 2.17. The van der Waals surface area contributed by atoms with E-state index in [1.165, 1.54) is 6.92 Å². The molecule has 1 amide bonds. The second kappa shape index (κ2) is 6.03. The van der Waals surface area contributed by atoms with Crippen LogP contribution in [0.15, 0.2) is 0 Å². The maximum Gasteiger partial charge on any atom is 0.326 e. The molecule has 72 valence electrons. The number of aliphatic hydroxyl groups is 1. The Bertz CT molecular complexity index is 251. The average molecular weight is 185 g/mol. The van der Waals surface area contributed by atoms with E-state index in [9.17, 15) is 9.59 Å². The van der Waals surface area contributed by atoms with Gasteiger partial charge in [-0.25, -0.2) is 4.79 Å². The fraction of sp³-hybridized carbons (Fsp3) is 0.500. The SMILES string of the molecule is CC#CC(=O)NC(CCO)C(=O)O. The van der Waals surface area contributed by atoms with Crippen LogP contribution in [-0.4, -0.2) is 34.7 Å². The number of hydrogen-bond acceptors (Lipinski definition) is 3. The molecule has 0 heterocycles. The van der Waals surface area contributed by atoms with Crippen LogP contribution in [0, 0.1) is 11.8 Å². The van der Waals surface area contributed by atoms with E-state index in [1.807, 2.05) is 0 Å². The minimum absolute atomic E-state index is 0.0214. The molecule has 0 aromatic carbocycles. The molecule has 0 aliphatic heterocycles. The van der Waals surface area contributed by atoms with Crippen LogP contribution in [0.5, 0.6) is 0 Å². The van der Waals surface area contributed by atoms with Crippen LogP contribution in [0.2, 0.25) is 0 Å². The summed E-state index contributed by atoms with van der Waals surface area (Å²) < 4.78 is 0. The lowest BCUT2D eigenvalue weighted by atomic mass is 10.2. The van der Waals surface area contributed by atoms with Crippen LogP contribution in [0.3, 0.4) is 0 Å². The molecule has 0 spiro atoms. The molecule has 1 unspecified atom stereocenters. The Morgan fingerprint density at radius 1 is 1.54 bits per heavy atom. The molecule has 0 rings (SSSR count). The number of rotatable bonds is 4. The molecule has 0 aliphatic rings. The summed E-state index contributed by atoms with van der Waals surface area (Å²) >= 11 is 0. The van der Waals surface area contributed by atoms with Crippen molar-refractivity contribution < 1.29 is 19.8 Å². The van der Waals surface area contributed by atoms with Gasteiger partial charge in [-0.2, -0.15) is 0 Å². The quantitative estimate of drug-likeness (QED) is 0.488. The van der Waals surface area contributed by atoms with Crippen LogP contribution >= 0.6 is 0 Å². The Labute approximate surface area is 75.8 Å². The van der Waals surface area contributed by atoms with E-state index in [4.69, 9.17) is 10.2 Å². The summed E-state index contributed by atoms with van der Waals surface area (Å²) in [4.78, 5) is 21.3. The fourth-order valence-corrected chi connectivity index (χ4v) is 0.694. The summed E-state index contributed by atoms with van der Waals surface area (Å²) in [7, 11) is 0. The maximum absolute atomic E-state index is 10.8. The van der Waals surface area contributed by atoms with Gasteiger partial charge in [0.25, 0.3) is 5.91 Å². The Hall–Kier alpha value is -1.54. The van der Waals surface area contributed by atoms with Crippen molar-refractivity contribution in [3.63, 3.8) is 0 Å². The lowest BCUT2D eigenvalue weighted by molar-refractivity contribution is -0.141. The van der Waals surface area contributed by atoms with Gasteiger partial charge in [0.2, 0.25) is 0 Å². The highest BCUT2D eigenvalue weighted by Crippen LogP contribution is 1.90. The molecule has 0 fully saturated rings. The third-order valence-corrected chi connectivity index (χ3v) is 1.26. The Kier molecular flexibility index (Phi) is 5.32. The van der Waals surface area contributed by atoms with Gasteiger partial charge in [-0.05, 0) is 12.8 Å². The summed E-state index contributed by atoms with van der Waals surface area (Å²) in [6, 6.07) is -1.07. The molecule has 5 heteroatoms. The van der Waals surface area contributed by atoms with E-state index >= 15 is 0 Å². The molecule has 0 saturated heterocycles. The number of carbonyl (C=O) groups excluding carboxylic acids is 1. The predicted octanol–water partition coefficient (Wildman–Crippen LogP) is -1.04. The van der Waals surface area contributed by atoms with E-state index in [0.717, 1.165) is 0 Å². The second-order valence-corrected chi connectivity index (χ2v) is 2.25. The highest BCUT2D eigenvalue weighted by atomic mass is 16.4. The molecule has 5 nitrogen and oxygen atoms in total. The van der Waals surface area contributed by atoms with Crippen molar-refractivity contribution in [3.05, 3.63) is 0 Å². The van der Waals surface area contributed by atoms with Crippen molar-refractivity contribution in [2.45, 2.75) is 19.4 Å². The van der Waals surface area contributed by atoms with Crippen molar-refractivity contribution >= 4 is 11.9 Å². The van der Waals surface area contributed by atoms with Crippen LogP contribution < -0.4 is 5.32 Å². The molecule has 13 heavy (non-hydrogen) atoms. The van der Waals surface area contributed by atoms with Crippen molar-refractivity contribution in [2.75, 3.05) is 6.61 Å². The molecule has 0 aromatic rings. The Balaban J connectivity index is 4.14. The van der Waals surface area contributed by atoms with Gasteiger partial charge in [0.05, 0.1) is 0 Å². The average Bonchev–Trinajstić information content (AvgIpc) is 2.04. The van der Waals surface area contributed by atoms with E-state index in [0.29, 0.717) is 0 Å².